The fourth-order valence-corrected chi connectivity index (χ4v) is 2.31. The van der Waals surface area contributed by atoms with Crippen molar-refractivity contribution < 1.29 is 14.3 Å². The number of carbonyl (C=O) groups is 1. The fourth-order valence-electron chi connectivity index (χ4n) is 2.31. The third-order valence-corrected chi connectivity index (χ3v) is 3.34. The number of hydrogen-bond donors (Lipinski definition) is 2. The molecule has 0 aliphatic carbocycles. The fraction of sp³-hybridized carbons (Fsp3) is 0.412. The van der Waals surface area contributed by atoms with Crippen molar-refractivity contribution in [1.82, 2.24) is 10.3 Å². The Labute approximate surface area is 134 Å². The SMILES string of the molecule is COc1ccc2c(C)[nH]c(=O)c(CNC(=O)OC(C)(C)C)c2c1. The van der Waals surface area contributed by atoms with E-state index in [9.17, 15) is 9.59 Å². The molecule has 0 saturated heterocycles. The number of benzene rings is 1. The monoisotopic (exact) mass is 318 g/mol. The van der Waals surface area contributed by atoms with Crippen molar-refractivity contribution in [2.45, 2.75) is 39.8 Å². The maximum atomic E-state index is 12.3. The van der Waals surface area contributed by atoms with Gasteiger partial charge in [0.25, 0.3) is 5.56 Å². The molecule has 0 aliphatic heterocycles. The quantitative estimate of drug-likeness (QED) is 0.912. The average Bonchev–Trinajstić information content (AvgIpc) is 2.44. The van der Waals surface area contributed by atoms with Crippen LogP contribution in [0, 0.1) is 6.92 Å². The Morgan fingerprint density at radius 2 is 1.96 bits per heavy atom. The number of hydrogen-bond acceptors (Lipinski definition) is 4. The second-order valence-corrected chi connectivity index (χ2v) is 6.32. The van der Waals surface area contributed by atoms with Crippen LogP contribution in [0.4, 0.5) is 4.79 Å². The number of nitrogens with one attached hydrogen (secondary N) is 2. The number of rotatable bonds is 3. The topological polar surface area (TPSA) is 80.4 Å². The van der Waals surface area contributed by atoms with Crippen LogP contribution in [-0.4, -0.2) is 23.8 Å². The average molecular weight is 318 g/mol. The first-order valence-corrected chi connectivity index (χ1v) is 7.37. The Bertz CT molecular complexity index is 788. The van der Waals surface area contributed by atoms with Gasteiger partial charge in [-0.05, 0) is 51.3 Å². The highest BCUT2D eigenvalue weighted by molar-refractivity contribution is 5.88. The van der Waals surface area contributed by atoms with Crippen molar-refractivity contribution in [3.63, 3.8) is 0 Å². The number of pyridine rings is 1. The highest BCUT2D eigenvalue weighted by Gasteiger charge is 2.17. The summed E-state index contributed by atoms with van der Waals surface area (Å²) in [4.78, 5) is 26.9. The summed E-state index contributed by atoms with van der Waals surface area (Å²) in [7, 11) is 1.57. The lowest BCUT2D eigenvalue weighted by Gasteiger charge is -2.19. The van der Waals surface area contributed by atoms with E-state index in [0.717, 1.165) is 16.5 Å². The molecule has 0 saturated carbocycles. The van der Waals surface area contributed by atoms with E-state index in [-0.39, 0.29) is 12.1 Å². The third kappa shape index (κ3) is 4.03. The molecule has 0 radical (unpaired) electrons. The van der Waals surface area contributed by atoms with Gasteiger partial charge in [-0.15, -0.1) is 0 Å². The summed E-state index contributed by atoms with van der Waals surface area (Å²) in [6.07, 6.45) is -0.562. The van der Waals surface area contributed by atoms with Crippen LogP contribution in [0.15, 0.2) is 23.0 Å². The van der Waals surface area contributed by atoms with Crippen molar-refractivity contribution in [1.29, 1.82) is 0 Å². The van der Waals surface area contributed by atoms with E-state index >= 15 is 0 Å². The van der Waals surface area contributed by atoms with Crippen molar-refractivity contribution in [3.05, 3.63) is 39.8 Å². The van der Waals surface area contributed by atoms with Gasteiger partial charge >= 0.3 is 6.09 Å². The van der Waals surface area contributed by atoms with Crippen LogP contribution in [0.3, 0.4) is 0 Å². The van der Waals surface area contributed by atoms with Crippen molar-refractivity contribution in [3.8, 4) is 5.75 Å². The lowest BCUT2D eigenvalue weighted by molar-refractivity contribution is 0.0523. The Balaban J connectivity index is 2.36. The normalized spacial score (nSPS) is 11.3. The zero-order valence-electron chi connectivity index (χ0n) is 14.1. The molecule has 1 amide bonds. The Kier molecular flexibility index (Phi) is 4.63. The van der Waals surface area contributed by atoms with Gasteiger partial charge in [-0.2, -0.15) is 0 Å². The molecule has 23 heavy (non-hydrogen) atoms. The number of ether oxygens (including phenoxy) is 2. The summed E-state index contributed by atoms with van der Waals surface area (Å²) in [5.41, 5.74) is 0.415. The van der Waals surface area contributed by atoms with E-state index < -0.39 is 11.7 Å². The summed E-state index contributed by atoms with van der Waals surface area (Å²) in [6, 6.07) is 5.51. The Morgan fingerprint density at radius 1 is 1.26 bits per heavy atom. The number of methoxy groups -OCH3 is 1. The summed E-state index contributed by atoms with van der Waals surface area (Å²) >= 11 is 0. The molecule has 6 heteroatoms. The second kappa shape index (κ2) is 6.32. The summed E-state index contributed by atoms with van der Waals surface area (Å²) in [5.74, 6) is 0.654. The molecular weight excluding hydrogens is 296 g/mol. The lowest BCUT2D eigenvalue weighted by atomic mass is 10.0. The van der Waals surface area contributed by atoms with Gasteiger partial charge in [-0.3, -0.25) is 4.79 Å². The molecule has 6 nitrogen and oxygen atoms in total. The molecule has 124 valence electrons. The Hall–Kier alpha value is -2.50. The van der Waals surface area contributed by atoms with E-state index in [2.05, 4.69) is 10.3 Å². The molecule has 2 aromatic rings. The lowest BCUT2D eigenvalue weighted by Crippen LogP contribution is -2.33. The van der Waals surface area contributed by atoms with Gasteiger partial charge in [-0.1, -0.05) is 0 Å². The van der Waals surface area contributed by atoms with Crippen molar-refractivity contribution >= 4 is 16.9 Å². The number of aromatic amines is 1. The second-order valence-electron chi connectivity index (χ2n) is 6.32. The van der Waals surface area contributed by atoms with Gasteiger partial charge in [0.15, 0.2) is 0 Å². The summed E-state index contributed by atoms with van der Waals surface area (Å²) in [5, 5.41) is 4.28. The van der Waals surface area contributed by atoms with E-state index in [1.165, 1.54) is 0 Å². The van der Waals surface area contributed by atoms with Crippen molar-refractivity contribution in [2.24, 2.45) is 0 Å². The van der Waals surface area contributed by atoms with Gasteiger partial charge in [-0.25, -0.2) is 4.79 Å². The highest BCUT2D eigenvalue weighted by atomic mass is 16.6. The number of alkyl carbamates (subject to hydrolysis) is 1. The molecule has 1 heterocycles. The van der Waals surface area contributed by atoms with Gasteiger partial charge in [0.1, 0.15) is 11.4 Å². The Morgan fingerprint density at radius 3 is 2.57 bits per heavy atom. The number of aryl methyl sites for hydroxylation is 1. The van der Waals surface area contributed by atoms with Crippen LogP contribution in [-0.2, 0) is 11.3 Å². The first-order valence-electron chi connectivity index (χ1n) is 7.37. The van der Waals surface area contributed by atoms with E-state index in [1.54, 1.807) is 33.9 Å². The zero-order chi connectivity index (χ0) is 17.2. The smallest absolute Gasteiger partial charge is 0.407 e. The molecule has 1 aromatic carbocycles. The number of fused-ring (bicyclic) bond motifs is 1. The first kappa shape index (κ1) is 16.9. The minimum Gasteiger partial charge on any atom is -0.497 e. The molecule has 0 bridgehead atoms. The van der Waals surface area contributed by atoms with E-state index in [4.69, 9.17) is 9.47 Å². The van der Waals surface area contributed by atoms with Crippen LogP contribution < -0.4 is 15.6 Å². The predicted octanol–water partition coefficient (Wildman–Crippen LogP) is 2.87. The molecular formula is C17H22N2O4. The molecule has 0 fully saturated rings. The van der Waals surface area contributed by atoms with Crippen molar-refractivity contribution in [2.75, 3.05) is 7.11 Å². The van der Waals surface area contributed by atoms with Gasteiger partial charge in [0.2, 0.25) is 0 Å². The molecule has 0 spiro atoms. The highest BCUT2D eigenvalue weighted by Crippen LogP contribution is 2.24. The van der Waals surface area contributed by atoms with Crippen LogP contribution in [0.25, 0.3) is 10.8 Å². The molecule has 0 unspecified atom stereocenters. The number of aromatic nitrogens is 1. The minimum absolute atomic E-state index is 0.0776. The van der Waals surface area contributed by atoms with Crippen LogP contribution in [0.2, 0.25) is 0 Å². The van der Waals surface area contributed by atoms with Crippen LogP contribution in [0.5, 0.6) is 5.75 Å². The summed E-state index contributed by atoms with van der Waals surface area (Å²) in [6.45, 7) is 7.26. The van der Waals surface area contributed by atoms with Gasteiger partial charge in [0.05, 0.1) is 13.7 Å². The molecule has 0 atom stereocenters. The largest absolute Gasteiger partial charge is 0.497 e. The van der Waals surface area contributed by atoms with Gasteiger partial charge < -0.3 is 19.8 Å². The molecule has 1 aromatic heterocycles. The number of H-pyrrole nitrogens is 1. The zero-order valence-corrected chi connectivity index (χ0v) is 14.1. The van der Waals surface area contributed by atoms with E-state index in [0.29, 0.717) is 11.3 Å². The van der Waals surface area contributed by atoms with E-state index in [1.807, 2.05) is 19.1 Å². The molecule has 2 rings (SSSR count). The first-order chi connectivity index (χ1) is 10.7. The molecule has 0 aliphatic rings. The van der Waals surface area contributed by atoms with Crippen LogP contribution in [0.1, 0.15) is 32.0 Å². The number of carbonyl (C=O) groups excluding carboxylic acids is 1. The van der Waals surface area contributed by atoms with Gasteiger partial charge in [0, 0.05) is 16.6 Å². The standard InChI is InChI=1S/C17H22N2O4/c1-10-12-7-6-11(22-5)8-13(12)14(15(20)19-10)9-18-16(21)23-17(2,3)4/h6-8H,9H2,1-5H3,(H,18,21)(H,19,20). The third-order valence-electron chi connectivity index (χ3n) is 3.34. The predicted molar refractivity (Wildman–Crippen MR) is 88.9 cm³/mol. The number of amides is 1. The summed E-state index contributed by atoms with van der Waals surface area (Å²) < 4.78 is 10.4. The van der Waals surface area contributed by atoms with Crippen LogP contribution >= 0.6 is 0 Å². The maximum absolute atomic E-state index is 12.3. The molecule has 2 N–H and O–H groups in total. The maximum Gasteiger partial charge on any atom is 0.407 e. The minimum atomic E-state index is -0.588.